The van der Waals surface area contributed by atoms with E-state index in [9.17, 15) is 9.59 Å². The molecule has 4 nitrogen and oxygen atoms in total. The summed E-state index contributed by atoms with van der Waals surface area (Å²) in [5.41, 5.74) is -0.351. The molecule has 0 spiro atoms. The molecule has 0 bridgehead atoms. The SMILES string of the molecule is CC(C)(C)C(=O)NCCCC(=O)NC1CC1. The van der Waals surface area contributed by atoms with Gasteiger partial charge in [0.1, 0.15) is 0 Å². The van der Waals surface area contributed by atoms with Crippen LogP contribution >= 0.6 is 0 Å². The van der Waals surface area contributed by atoms with E-state index in [1.54, 1.807) is 0 Å². The molecule has 0 radical (unpaired) electrons. The molecule has 92 valence electrons. The van der Waals surface area contributed by atoms with Crippen molar-refractivity contribution in [3.05, 3.63) is 0 Å². The number of hydrogen-bond donors (Lipinski definition) is 2. The third-order valence-electron chi connectivity index (χ3n) is 2.49. The number of nitrogens with one attached hydrogen (secondary N) is 2. The molecule has 2 amide bonds. The molecule has 0 aromatic heterocycles. The van der Waals surface area contributed by atoms with Crippen LogP contribution in [-0.4, -0.2) is 24.4 Å². The van der Waals surface area contributed by atoms with E-state index >= 15 is 0 Å². The summed E-state index contributed by atoms with van der Waals surface area (Å²) < 4.78 is 0. The molecular formula is C12H22N2O2. The molecule has 1 rings (SSSR count). The Kier molecular flexibility index (Phi) is 4.33. The van der Waals surface area contributed by atoms with Crippen molar-refractivity contribution in [3.8, 4) is 0 Å². The van der Waals surface area contributed by atoms with Crippen LogP contribution in [0.5, 0.6) is 0 Å². The zero-order chi connectivity index (χ0) is 12.2. The van der Waals surface area contributed by atoms with Gasteiger partial charge < -0.3 is 10.6 Å². The van der Waals surface area contributed by atoms with Crippen molar-refractivity contribution in [2.45, 2.75) is 52.5 Å². The minimum atomic E-state index is -0.351. The van der Waals surface area contributed by atoms with Crippen LogP contribution < -0.4 is 10.6 Å². The molecule has 0 heterocycles. The molecule has 1 aliphatic carbocycles. The van der Waals surface area contributed by atoms with Crippen molar-refractivity contribution in [2.75, 3.05) is 6.54 Å². The number of rotatable bonds is 5. The highest BCUT2D eigenvalue weighted by atomic mass is 16.2. The van der Waals surface area contributed by atoms with E-state index in [-0.39, 0.29) is 17.2 Å². The van der Waals surface area contributed by atoms with E-state index in [2.05, 4.69) is 10.6 Å². The molecule has 0 atom stereocenters. The van der Waals surface area contributed by atoms with Crippen LogP contribution in [0.15, 0.2) is 0 Å². The predicted molar refractivity (Wildman–Crippen MR) is 62.9 cm³/mol. The van der Waals surface area contributed by atoms with Crippen LogP contribution in [0.4, 0.5) is 0 Å². The van der Waals surface area contributed by atoms with Gasteiger partial charge in [-0.1, -0.05) is 20.8 Å². The minimum absolute atomic E-state index is 0.0371. The largest absolute Gasteiger partial charge is 0.356 e. The summed E-state index contributed by atoms with van der Waals surface area (Å²) in [5.74, 6) is 0.141. The lowest BCUT2D eigenvalue weighted by Gasteiger charge is -2.17. The first-order chi connectivity index (χ1) is 7.39. The summed E-state index contributed by atoms with van der Waals surface area (Å²) in [5, 5.41) is 5.75. The van der Waals surface area contributed by atoms with Crippen LogP contribution in [0.25, 0.3) is 0 Å². The Morgan fingerprint density at radius 1 is 1.25 bits per heavy atom. The highest BCUT2D eigenvalue weighted by Gasteiger charge is 2.23. The molecular weight excluding hydrogens is 204 g/mol. The molecule has 0 saturated heterocycles. The third kappa shape index (κ3) is 5.14. The number of hydrogen-bond acceptors (Lipinski definition) is 2. The molecule has 1 aliphatic rings. The number of carbonyl (C=O) groups is 2. The van der Waals surface area contributed by atoms with Gasteiger partial charge in [-0.15, -0.1) is 0 Å². The van der Waals surface area contributed by atoms with Gasteiger partial charge >= 0.3 is 0 Å². The molecule has 0 unspecified atom stereocenters. The standard InChI is InChI=1S/C12H22N2O2/c1-12(2,3)11(16)13-8-4-5-10(15)14-9-6-7-9/h9H,4-8H2,1-3H3,(H,13,16)(H,14,15). The molecule has 0 aromatic rings. The lowest BCUT2D eigenvalue weighted by molar-refractivity contribution is -0.128. The summed E-state index contributed by atoms with van der Waals surface area (Å²) >= 11 is 0. The van der Waals surface area contributed by atoms with Crippen LogP contribution in [0.2, 0.25) is 0 Å². The maximum Gasteiger partial charge on any atom is 0.225 e. The van der Waals surface area contributed by atoms with Crippen molar-refractivity contribution >= 4 is 11.8 Å². The number of amides is 2. The van der Waals surface area contributed by atoms with E-state index in [1.165, 1.54) is 0 Å². The Balaban J connectivity index is 2.02. The first-order valence-electron chi connectivity index (χ1n) is 5.97. The fourth-order valence-corrected chi connectivity index (χ4v) is 1.24. The quantitative estimate of drug-likeness (QED) is 0.692. The summed E-state index contributed by atoms with van der Waals surface area (Å²) in [6, 6.07) is 0.427. The van der Waals surface area contributed by atoms with Crippen molar-refractivity contribution in [1.82, 2.24) is 10.6 Å². The molecule has 0 aliphatic heterocycles. The Bertz CT molecular complexity index is 265. The monoisotopic (exact) mass is 226 g/mol. The average Bonchev–Trinajstić information content (AvgIpc) is 2.94. The Hall–Kier alpha value is -1.06. The maximum absolute atomic E-state index is 11.5. The first-order valence-corrected chi connectivity index (χ1v) is 5.97. The van der Waals surface area contributed by atoms with Gasteiger partial charge in [-0.25, -0.2) is 0 Å². The van der Waals surface area contributed by atoms with Gasteiger partial charge in [0, 0.05) is 24.4 Å². The van der Waals surface area contributed by atoms with E-state index < -0.39 is 0 Å². The zero-order valence-corrected chi connectivity index (χ0v) is 10.4. The van der Waals surface area contributed by atoms with Crippen molar-refractivity contribution in [1.29, 1.82) is 0 Å². The smallest absolute Gasteiger partial charge is 0.225 e. The van der Waals surface area contributed by atoms with E-state index in [4.69, 9.17) is 0 Å². The normalized spacial score (nSPS) is 15.7. The van der Waals surface area contributed by atoms with Gasteiger partial charge in [0.25, 0.3) is 0 Å². The lowest BCUT2D eigenvalue weighted by Crippen LogP contribution is -2.35. The van der Waals surface area contributed by atoms with Gasteiger partial charge in [0.15, 0.2) is 0 Å². The third-order valence-corrected chi connectivity index (χ3v) is 2.49. The first kappa shape index (κ1) is 13.0. The second-order valence-electron chi connectivity index (χ2n) is 5.45. The predicted octanol–water partition coefficient (Wildman–Crippen LogP) is 1.21. The Morgan fingerprint density at radius 2 is 1.88 bits per heavy atom. The van der Waals surface area contributed by atoms with Crippen molar-refractivity contribution in [3.63, 3.8) is 0 Å². The highest BCUT2D eigenvalue weighted by molar-refractivity contribution is 5.81. The van der Waals surface area contributed by atoms with E-state index in [0.717, 1.165) is 12.8 Å². The lowest BCUT2D eigenvalue weighted by atomic mass is 9.96. The summed E-state index contributed by atoms with van der Waals surface area (Å²) in [6.07, 6.45) is 3.44. The fourth-order valence-electron chi connectivity index (χ4n) is 1.24. The Morgan fingerprint density at radius 3 is 2.38 bits per heavy atom. The molecule has 16 heavy (non-hydrogen) atoms. The summed E-state index contributed by atoms with van der Waals surface area (Å²) in [7, 11) is 0. The van der Waals surface area contributed by atoms with E-state index in [1.807, 2.05) is 20.8 Å². The van der Waals surface area contributed by atoms with Gasteiger partial charge in [0.05, 0.1) is 0 Å². The van der Waals surface area contributed by atoms with Crippen LogP contribution in [0, 0.1) is 5.41 Å². The van der Waals surface area contributed by atoms with Crippen LogP contribution in [0.1, 0.15) is 46.5 Å². The second-order valence-corrected chi connectivity index (χ2v) is 5.45. The Labute approximate surface area is 97.2 Å². The maximum atomic E-state index is 11.5. The molecule has 1 saturated carbocycles. The topological polar surface area (TPSA) is 58.2 Å². The summed E-state index contributed by atoms with van der Waals surface area (Å²) in [4.78, 5) is 22.8. The summed E-state index contributed by atoms with van der Waals surface area (Å²) in [6.45, 7) is 6.21. The highest BCUT2D eigenvalue weighted by Crippen LogP contribution is 2.18. The average molecular weight is 226 g/mol. The zero-order valence-electron chi connectivity index (χ0n) is 10.4. The van der Waals surface area contributed by atoms with Gasteiger partial charge in [-0.05, 0) is 19.3 Å². The van der Waals surface area contributed by atoms with Crippen LogP contribution in [0.3, 0.4) is 0 Å². The van der Waals surface area contributed by atoms with Crippen molar-refractivity contribution in [2.24, 2.45) is 5.41 Å². The minimum Gasteiger partial charge on any atom is -0.356 e. The molecule has 0 aromatic carbocycles. The van der Waals surface area contributed by atoms with Crippen molar-refractivity contribution < 1.29 is 9.59 Å². The molecule has 4 heteroatoms. The van der Waals surface area contributed by atoms with Gasteiger partial charge in [-0.3, -0.25) is 9.59 Å². The van der Waals surface area contributed by atoms with E-state index in [0.29, 0.717) is 25.4 Å². The second kappa shape index (κ2) is 5.32. The fraction of sp³-hybridized carbons (Fsp3) is 0.833. The molecule has 2 N–H and O–H groups in total. The van der Waals surface area contributed by atoms with Crippen LogP contribution in [-0.2, 0) is 9.59 Å². The number of carbonyl (C=O) groups excluding carboxylic acids is 2. The van der Waals surface area contributed by atoms with Gasteiger partial charge in [-0.2, -0.15) is 0 Å². The van der Waals surface area contributed by atoms with Gasteiger partial charge in [0.2, 0.25) is 11.8 Å². The molecule has 1 fully saturated rings.